The Kier molecular flexibility index (Phi) is 5.43. The van der Waals surface area contributed by atoms with E-state index in [2.05, 4.69) is 0 Å². The summed E-state index contributed by atoms with van der Waals surface area (Å²) in [4.78, 5) is 35.8. The van der Waals surface area contributed by atoms with Gasteiger partial charge in [-0.15, -0.1) is 0 Å². The highest BCUT2D eigenvalue weighted by Crippen LogP contribution is 2.33. The largest absolute Gasteiger partial charge is 0.481 e. The summed E-state index contributed by atoms with van der Waals surface area (Å²) < 4.78 is 4.92. The molecule has 0 amide bonds. The molecule has 1 aromatic carbocycles. The van der Waals surface area contributed by atoms with Gasteiger partial charge in [-0.3, -0.25) is 14.4 Å². The van der Waals surface area contributed by atoms with Crippen LogP contribution >= 0.6 is 0 Å². The average molecular weight is 278 g/mol. The van der Waals surface area contributed by atoms with Crippen molar-refractivity contribution >= 4 is 17.7 Å². The highest BCUT2D eigenvalue weighted by molar-refractivity contribution is 6.14. The molecule has 5 nitrogen and oxygen atoms in total. The Morgan fingerprint density at radius 1 is 1.15 bits per heavy atom. The third-order valence-corrected chi connectivity index (χ3v) is 3.19. The first-order chi connectivity index (χ1) is 9.47. The normalized spacial score (nSPS) is 13.3. The predicted octanol–water partition coefficient (Wildman–Crippen LogP) is 2.30. The summed E-state index contributed by atoms with van der Waals surface area (Å²) in [6, 6.07) is 8.20. The standard InChI is InChI=1S/C15H18O5/c1-3-15(10-12(16)17,14(19)20-4-2)13(18)11-8-6-5-7-9-11/h5-9H,3-4,10H2,1-2H3,(H,16,17). The van der Waals surface area contributed by atoms with Crippen molar-refractivity contribution in [1.29, 1.82) is 0 Å². The third kappa shape index (κ3) is 3.23. The molecule has 0 heterocycles. The Balaban J connectivity index is 3.24. The van der Waals surface area contributed by atoms with Crippen molar-refractivity contribution in [2.45, 2.75) is 26.7 Å². The van der Waals surface area contributed by atoms with E-state index in [9.17, 15) is 14.4 Å². The molecule has 0 aliphatic carbocycles. The summed E-state index contributed by atoms with van der Waals surface area (Å²) in [7, 11) is 0. The molecule has 1 N–H and O–H groups in total. The molecule has 0 spiro atoms. The van der Waals surface area contributed by atoms with Crippen molar-refractivity contribution in [2.75, 3.05) is 6.61 Å². The van der Waals surface area contributed by atoms with Gasteiger partial charge in [0.25, 0.3) is 0 Å². The number of hydrogen-bond acceptors (Lipinski definition) is 4. The zero-order valence-electron chi connectivity index (χ0n) is 11.6. The Bertz CT molecular complexity index is 494. The number of rotatable bonds is 7. The van der Waals surface area contributed by atoms with E-state index in [1.54, 1.807) is 44.2 Å². The van der Waals surface area contributed by atoms with E-state index in [0.29, 0.717) is 5.56 Å². The SMILES string of the molecule is CCOC(=O)C(CC)(CC(=O)O)C(=O)c1ccccc1. The number of esters is 1. The monoisotopic (exact) mass is 278 g/mol. The maximum absolute atomic E-state index is 12.6. The fraction of sp³-hybridized carbons (Fsp3) is 0.400. The van der Waals surface area contributed by atoms with Crippen molar-refractivity contribution in [1.82, 2.24) is 0 Å². The maximum Gasteiger partial charge on any atom is 0.320 e. The molecule has 0 bridgehead atoms. The smallest absolute Gasteiger partial charge is 0.320 e. The summed E-state index contributed by atoms with van der Waals surface area (Å²) in [5.74, 6) is -2.50. The zero-order valence-corrected chi connectivity index (χ0v) is 11.6. The molecular formula is C15H18O5. The summed E-state index contributed by atoms with van der Waals surface area (Å²) in [6.45, 7) is 3.33. The maximum atomic E-state index is 12.6. The topological polar surface area (TPSA) is 80.7 Å². The molecule has 5 heteroatoms. The molecule has 0 fully saturated rings. The highest BCUT2D eigenvalue weighted by Gasteiger charge is 2.47. The van der Waals surface area contributed by atoms with Crippen LogP contribution < -0.4 is 0 Å². The van der Waals surface area contributed by atoms with Crippen LogP contribution in [-0.2, 0) is 14.3 Å². The molecule has 0 saturated carbocycles. The van der Waals surface area contributed by atoms with Crippen LogP contribution in [-0.4, -0.2) is 29.4 Å². The van der Waals surface area contributed by atoms with Crippen LogP contribution in [0.15, 0.2) is 30.3 Å². The molecule has 0 saturated heterocycles. The molecule has 0 radical (unpaired) electrons. The van der Waals surface area contributed by atoms with E-state index in [1.165, 1.54) is 0 Å². The van der Waals surface area contributed by atoms with Crippen LogP contribution in [0.3, 0.4) is 0 Å². The zero-order chi connectivity index (χ0) is 15.2. The Morgan fingerprint density at radius 2 is 1.75 bits per heavy atom. The van der Waals surface area contributed by atoms with E-state index in [1.807, 2.05) is 0 Å². The summed E-state index contributed by atoms with van der Waals surface area (Å²) >= 11 is 0. The number of aliphatic carboxylic acids is 1. The van der Waals surface area contributed by atoms with Crippen molar-refractivity contribution < 1.29 is 24.2 Å². The summed E-state index contributed by atoms with van der Waals surface area (Å²) in [5, 5.41) is 9.03. The molecular weight excluding hydrogens is 260 g/mol. The molecule has 20 heavy (non-hydrogen) atoms. The molecule has 108 valence electrons. The van der Waals surface area contributed by atoms with Crippen LogP contribution in [0.5, 0.6) is 0 Å². The first-order valence-electron chi connectivity index (χ1n) is 6.46. The van der Waals surface area contributed by atoms with Gasteiger partial charge in [0, 0.05) is 5.56 Å². The lowest BCUT2D eigenvalue weighted by Gasteiger charge is -2.27. The van der Waals surface area contributed by atoms with Crippen LogP contribution in [0.25, 0.3) is 0 Å². The van der Waals surface area contributed by atoms with Crippen LogP contribution in [0.4, 0.5) is 0 Å². The minimum absolute atomic E-state index is 0.0753. The predicted molar refractivity (Wildman–Crippen MR) is 72.4 cm³/mol. The van der Waals surface area contributed by atoms with E-state index in [0.717, 1.165) is 0 Å². The van der Waals surface area contributed by atoms with E-state index >= 15 is 0 Å². The van der Waals surface area contributed by atoms with Gasteiger partial charge in [-0.2, -0.15) is 0 Å². The van der Waals surface area contributed by atoms with E-state index in [-0.39, 0.29) is 13.0 Å². The van der Waals surface area contributed by atoms with Gasteiger partial charge in [0.2, 0.25) is 0 Å². The molecule has 0 aliphatic rings. The Morgan fingerprint density at radius 3 is 2.20 bits per heavy atom. The van der Waals surface area contributed by atoms with Crippen molar-refractivity contribution in [3.05, 3.63) is 35.9 Å². The van der Waals surface area contributed by atoms with Crippen LogP contribution in [0, 0.1) is 5.41 Å². The number of ether oxygens (including phenoxy) is 1. The van der Waals surface area contributed by atoms with Gasteiger partial charge >= 0.3 is 11.9 Å². The minimum atomic E-state index is -1.66. The first-order valence-corrected chi connectivity index (χ1v) is 6.46. The van der Waals surface area contributed by atoms with E-state index in [4.69, 9.17) is 9.84 Å². The third-order valence-electron chi connectivity index (χ3n) is 3.19. The second-order valence-electron chi connectivity index (χ2n) is 4.42. The lowest BCUT2D eigenvalue weighted by Crippen LogP contribution is -2.42. The van der Waals surface area contributed by atoms with Gasteiger partial charge in [-0.05, 0) is 13.3 Å². The number of benzene rings is 1. The molecule has 0 aliphatic heterocycles. The molecule has 1 aromatic rings. The van der Waals surface area contributed by atoms with Gasteiger partial charge in [-0.1, -0.05) is 37.3 Å². The number of carboxylic acids is 1. The number of carbonyl (C=O) groups excluding carboxylic acids is 2. The fourth-order valence-corrected chi connectivity index (χ4v) is 2.07. The van der Waals surface area contributed by atoms with Gasteiger partial charge in [0.15, 0.2) is 5.78 Å². The number of carboxylic acid groups (broad SMARTS) is 1. The average Bonchev–Trinajstić information content (AvgIpc) is 2.45. The second-order valence-corrected chi connectivity index (χ2v) is 4.42. The molecule has 1 atom stereocenters. The van der Waals surface area contributed by atoms with Gasteiger partial charge in [0.1, 0.15) is 5.41 Å². The van der Waals surface area contributed by atoms with Gasteiger partial charge in [-0.25, -0.2) is 0 Å². The number of hydrogen-bond donors (Lipinski definition) is 1. The minimum Gasteiger partial charge on any atom is -0.481 e. The fourth-order valence-electron chi connectivity index (χ4n) is 2.07. The number of ketones is 1. The lowest BCUT2D eigenvalue weighted by atomic mass is 9.75. The highest BCUT2D eigenvalue weighted by atomic mass is 16.5. The quantitative estimate of drug-likeness (QED) is 0.470. The van der Waals surface area contributed by atoms with Gasteiger partial charge in [0.05, 0.1) is 13.0 Å². The van der Waals surface area contributed by atoms with Crippen LogP contribution in [0.1, 0.15) is 37.0 Å². The summed E-state index contributed by atoms with van der Waals surface area (Å²) in [6.07, 6.45) is -0.498. The van der Waals surface area contributed by atoms with Crippen molar-refractivity contribution in [2.24, 2.45) is 5.41 Å². The molecule has 1 rings (SSSR count). The van der Waals surface area contributed by atoms with Crippen molar-refractivity contribution in [3.63, 3.8) is 0 Å². The Hall–Kier alpha value is -2.17. The first kappa shape index (κ1) is 15.9. The number of carbonyl (C=O) groups is 3. The van der Waals surface area contributed by atoms with Crippen LogP contribution in [0.2, 0.25) is 0 Å². The van der Waals surface area contributed by atoms with Gasteiger partial charge < -0.3 is 9.84 Å². The molecule has 0 aromatic heterocycles. The number of Topliss-reactive ketones (excluding diaryl/α,β-unsaturated/α-hetero) is 1. The molecule has 1 unspecified atom stereocenters. The Labute approximate surface area is 117 Å². The lowest BCUT2D eigenvalue weighted by molar-refractivity contribution is -0.157. The second kappa shape index (κ2) is 6.84. The summed E-state index contributed by atoms with van der Waals surface area (Å²) in [5.41, 5.74) is -1.35. The van der Waals surface area contributed by atoms with Crippen molar-refractivity contribution in [3.8, 4) is 0 Å². The van der Waals surface area contributed by atoms with E-state index < -0.39 is 29.6 Å².